The van der Waals surface area contributed by atoms with Gasteiger partial charge in [-0.05, 0) is 39.8 Å². The normalized spacial score (nSPS) is 10.6. The topological polar surface area (TPSA) is 72.6 Å². The number of thioether (sulfide) groups is 1. The van der Waals surface area contributed by atoms with Gasteiger partial charge in [0, 0.05) is 29.3 Å². The molecule has 2 aromatic rings. The van der Waals surface area contributed by atoms with Crippen molar-refractivity contribution in [1.82, 2.24) is 10.1 Å². The maximum absolute atomic E-state index is 12.4. The minimum atomic E-state index is -0.493. The molecule has 140 valence electrons. The molecule has 2 rings (SSSR count). The van der Waals surface area contributed by atoms with Gasteiger partial charge in [-0.3, -0.25) is 4.79 Å². The summed E-state index contributed by atoms with van der Waals surface area (Å²) in [4.78, 5) is 26.9. The van der Waals surface area contributed by atoms with Crippen LogP contribution >= 0.6 is 11.8 Å². The molecule has 0 unspecified atom stereocenters. The van der Waals surface area contributed by atoms with Crippen LogP contribution < -0.4 is 0 Å². The van der Waals surface area contributed by atoms with Crippen LogP contribution in [0, 0.1) is 13.8 Å². The summed E-state index contributed by atoms with van der Waals surface area (Å²) in [5.74, 6) is 0.737. The Labute approximate surface area is 157 Å². The zero-order chi connectivity index (χ0) is 19.1. The minimum absolute atomic E-state index is 0.191. The molecule has 0 aliphatic carbocycles. The SMILES string of the molecule is CCN(CC)C(=O)COC(=O)c1ccccc1SCc1c(C)noc1C. The number of nitrogens with zero attached hydrogens (tertiary/aromatic N) is 2. The summed E-state index contributed by atoms with van der Waals surface area (Å²) in [5.41, 5.74) is 2.33. The molecular formula is C19H24N2O4S. The van der Waals surface area contributed by atoms with Gasteiger partial charge >= 0.3 is 5.97 Å². The molecule has 1 aromatic heterocycles. The molecule has 26 heavy (non-hydrogen) atoms. The fraction of sp³-hybridized carbons (Fsp3) is 0.421. The Kier molecular flexibility index (Phi) is 7.26. The number of likely N-dealkylation sites (N-methyl/N-ethyl adjacent to an activating group) is 1. The monoisotopic (exact) mass is 376 g/mol. The van der Waals surface area contributed by atoms with Crippen molar-refractivity contribution in [3.63, 3.8) is 0 Å². The van der Waals surface area contributed by atoms with E-state index in [9.17, 15) is 9.59 Å². The number of rotatable bonds is 8. The Morgan fingerprint density at radius 1 is 1.19 bits per heavy atom. The number of carbonyl (C=O) groups is 2. The van der Waals surface area contributed by atoms with Crippen molar-refractivity contribution in [3.05, 3.63) is 46.8 Å². The van der Waals surface area contributed by atoms with Gasteiger partial charge in [0.2, 0.25) is 0 Å². The fourth-order valence-electron chi connectivity index (χ4n) is 2.49. The number of amides is 1. The molecule has 0 saturated heterocycles. The Morgan fingerprint density at radius 3 is 2.50 bits per heavy atom. The lowest BCUT2D eigenvalue weighted by atomic mass is 10.2. The lowest BCUT2D eigenvalue weighted by Crippen LogP contribution is -2.34. The molecule has 0 radical (unpaired) electrons. The van der Waals surface area contributed by atoms with Crippen LogP contribution in [-0.2, 0) is 15.3 Å². The fourth-order valence-corrected chi connectivity index (χ4v) is 3.69. The van der Waals surface area contributed by atoms with Crippen LogP contribution in [0.4, 0.5) is 0 Å². The lowest BCUT2D eigenvalue weighted by Gasteiger charge is -2.18. The third-order valence-corrected chi connectivity index (χ3v) is 5.20. The zero-order valence-electron chi connectivity index (χ0n) is 15.6. The van der Waals surface area contributed by atoms with E-state index in [2.05, 4.69) is 5.16 Å². The summed E-state index contributed by atoms with van der Waals surface area (Å²) < 4.78 is 10.4. The molecule has 7 heteroatoms. The van der Waals surface area contributed by atoms with Gasteiger partial charge in [-0.25, -0.2) is 4.79 Å². The third-order valence-electron chi connectivity index (χ3n) is 4.10. The van der Waals surface area contributed by atoms with Gasteiger partial charge < -0.3 is 14.2 Å². The quantitative estimate of drug-likeness (QED) is 0.518. The molecule has 0 aliphatic heterocycles. The summed E-state index contributed by atoms with van der Waals surface area (Å²) >= 11 is 1.51. The van der Waals surface area contributed by atoms with E-state index < -0.39 is 5.97 Å². The molecule has 1 amide bonds. The standard InChI is InChI=1S/C19H24N2O4S/c1-5-21(6-2)18(22)11-24-19(23)15-9-7-8-10-17(15)26-12-16-13(3)20-25-14(16)4/h7-10H,5-6,11-12H2,1-4H3. The highest BCUT2D eigenvalue weighted by Gasteiger charge is 2.18. The maximum Gasteiger partial charge on any atom is 0.339 e. The van der Waals surface area contributed by atoms with Crippen molar-refractivity contribution >= 4 is 23.6 Å². The first-order valence-electron chi connectivity index (χ1n) is 8.56. The Hall–Kier alpha value is -2.28. The highest BCUT2D eigenvalue weighted by atomic mass is 32.2. The van der Waals surface area contributed by atoms with E-state index >= 15 is 0 Å². The van der Waals surface area contributed by atoms with Gasteiger partial charge in [-0.1, -0.05) is 17.3 Å². The number of esters is 1. The number of benzene rings is 1. The van der Waals surface area contributed by atoms with Crippen LogP contribution in [0.2, 0.25) is 0 Å². The molecule has 0 aliphatic rings. The first kappa shape index (κ1) is 20.0. The average Bonchev–Trinajstić information content (AvgIpc) is 2.97. The summed E-state index contributed by atoms with van der Waals surface area (Å²) in [6.07, 6.45) is 0. The van der Waals surface area contributed by atoms with Crippen LogP contribution in [0.3, 0.4) is 0 Å². The molecule has 6 nitrogen and oxygen atoms in total. The number of hydrogen-bond donors (Lipinski definition) is 0. The van der Waals surface area contributed by atoms with Gasteiger partial charge in [0.05, 0.1) is 11.3 Å². The van der Waals surface area contributed by atoms with Crippen molar-refractivity contribution in [2.75, 3.05) is 19.7 Å². The van der Waals surface area contributed by atoms with Crippen LogP contribution in [0.1, 0.15) is 41.2 Å². The van der Waals surface area contributed by atoms with Gasteiger partial charge in [0.15, 0.2) is 6.61 Å². The van der Waals surface area contributed by atoms with Crippen molar-refractivity contribution < 1.29 is 18.8 Å². The van der Waals surface area contributed by atoms with Gasteiger partial charge in [-0.2, -0.15) is 0 Å². The van der Waals surface area contributed by atoms with Crippen LogP contribution in [0.25, 0.3) is 0 Å². The van der Waals surface area contributed by atoms with Crippen LogP contribution in [0.15, 0.2) is 33.7 Å². The Balaban J connectivity index is 2.03. The molecule has 0 bridgehead atoms. The Morgan fingerprint density at radius 2 is 1.88 bits per heavy atom. The summed E-state index contributed by atoms with van der Waals surface area (Å²) in [5, 5.41) is 3.95. The lowest BCUT2D eigenvalue weighted by molar-refractivity contribution is -0.134. The molecular weight excluding hydrogens is 352 g/mol. The van der Waals surface area contributed by atoms with E-state index in [1.54, 1.807) is 17.0 Å². The Bertz CT molecular complexity index is 749. The highest BCUT2D eigenvalue weighted by molar-refractivity contribution is 7.98. The van der Waals surface area contributed by atoms with E-state index in [0.29, 0.717) is 24.4 Å². The number of aromatic nitrogens is 1. The van der Waals surface area contributed by atoms with E-state index in [4.69, 9.17) is 9.26 Å². The predicted molar refractivity (Wildman–Crippen MR) is 100 cm³/mol. The van der Waals surface area contributed by atoms with Gasteiger partial charge in [0.1, 0.15) is 5.76 Å². The van der Waals surface area contributed by atoms with Crippen molar-refractivity contribution in [1.29, 1.82) is 0 Å². The number of carbonyl (C=O) groups excluding carboxylic acids is 2. The van der Waals surface area contributed by atoms with E-state index in [1.165, 1.54) is 11.8 Å². The predicted octanol–water partition coefficient (Wildman–Crippen LogP) is 3.61. The number of aryl methyl sites for hydroxylation is 2. The maximum atomic E-state index is 12.4. The van der Waals surface area contributed by atoms with Crippen molar-refractivity contribution in [2.24, 2.45) is 0 Å². The van der Waals surface area contributed by atoms with Crippen LogP contribution in [-0.4, -0.2) is 41.6 Å². The molecule has 0 saturated carbocycles. The van der Waals surface area contributed by atoms with Crippen molar-refractivity contribution in [3.8, 4) is 0 Å². The molecule has 0 N–H and O–H groups in total. The van der Waals surface area contributed by atoms with Gasteiger partial charge in [-0.15, -0.1) is 11.8 Å². The smallest absolute Gasteiger partial charge is 0.339 e. The van der Waals surface area contributed by atoms with Crippen LogP contribution in [0.5, 0.6) is 0 Å². The summed E-state index contributed by atoms with van der Waals surface area (Å²) in [6, 6.07) is 7.22. The second kappa shape index (κ2) is 9.43. The summed E-state index contributed by atoms with van der Waals surface area (Å²) in [6.45, 7) is 8.49. The molecule has 0 spiro atoms. The second-order valence-electron chi connectivity index (χ2n) is 5.73. The molecule has 0 atom stereocenters. The number of hydrogen-bond acceptors (Lipinski definition) is 6. The van der Waals surface area contributed by atoms with E-state index in [1.807, 2.05) is 39.8 Å². The largest absolute Gasteiger partial charge is 0.452 e. The van der Waals surface area contributed by atoms with E-state index in [-0.39, 0.29) is 12.5 Å². The first-order chi connectivity index (χ1) is 12.5. The van der Waals surface area contributed by atoms with Crippen molar-refractivity contribution in [2.45, 2.75) is 38.3 Å². The molecule has 1 heterocycles. The zero-order valence-corrected chi connectivity index (χ0v) is 16.4. The van der Waals surface area contributed by atoms with Gasteiger partial charge in [0.25, 0.3) is 5.91 Å². The summed E-state index contributed by atoms with van der Waals surface area (Å²) in [7, 11) is 0. The average molecular weight is 376 g/mol. The third kappa shape index (κ3) is 4.88. The highest BCUT2D eigenvalue weighted by Crippen LogP contribution is 2.29. The number of ether oxygens (including phenoxy) is 1. The first-order valence-corrected chi connectivity index (χ1v) is 9.54. The molecule has 1 aromatic carbocycles. The van der Waals surface area contributed by atoms with E-state index in [0.717, 1.165) is 21.9 Å². The minimum Gasteiger partial charge on any atom is -0.452 e. The molecule has 0 fully saturated rings. The second-order valence-corrected chi connectivity index (χ2v) is 6.75.